The van der Waals surface area contributed by atoms with Gasteiger partial charge in [0.1, 0.15) is 29.8 Å². The molecule has 2 aromatic rings. The van der Waals surface area contributed by atoms with Gasteiger partial charge in [0.2, 0.25) is 5.88 Å². The molecule has 0 radical (unpaired) electrons. The van der Waals surface area contributed by atoms with Crippen LogP contribution >= 0.6 is 11.6 Å². The van der Waals surface area contributed by atoms with Crippen LogP contribution in [0.2, 0.25) is 5.02 Å². The zero-order valence-corrected chi connectivity index (χ0v) is 19.0. The molecule has 0 aromatic heterocycles. The van der Waals surface area contributed by atoms with Gasteiger partial charge in [0, 0.05) is 5.56 Å². The van der Waals surface area contributed by atoms with Gasteiger partial charge in [-0.2, -0.15) is 5.26 Å². The van der Waals surface area contributed by atoms with Crippen LogP contribution < -0.4 is 15.2 Å². The molecule has 0 saturated carbocycles. The highest BCUT2D eigenvalue weighted by molar-refractivity contribution is 6.31. The van der Waals surface area contributed by atoms with Crippen LogP contribution in [0.25, 0.3) is 0 Å². The highest BCUT2D eigenvalue weighted by Gasteiger charge is 2.36. The second-order valence-electron chi connectivity index (χ2n) is 7.05. The third-order valence-corrected chi connectivity index (χ3v) is 5.37. The van der Waals surface area contributed by atoms with Crippen LogP contribution in [0.3, 0.4) is 0 Å². The molecule has 9 heteroatoms. The third-order valence-electron chi connectivity index (χ3n) is 5.02. The number of esters is 1. The monoisotopic (exact) mass is 472 g/mol. The van der Waals surface area contributed by atoms with Crippen molar-refractivity contribution in [3.8, 4) is 17.6 Å². The standard InChI is InChI=1S/C24H22ClFN2O5/c1-4-31-24(29)21-13(2)33-23(28)17(11-27)22(21)14-6-8-19(20(9-14)30-3)32-12-15-5-7-16(26)10-18(15)25/h5-10,22H,4,12,28H2,1-3H3. The fourth-order valence-corrected chi connectivity index (χ4v) is 3.69. The lowest BCUT2D eigenvalue weighted by Gasteiger charge is -2.27. The molecule has 33 heavy (non-hydrogen) atoms. The molecule has 0 saturated heterocycles. The summed E-state index contributed by atoms with van der Waals surface area (Å²) in [5.74, 6) is -0.943. The number of carbonyl (C=O) groups is 1. The van der Waals surface area contributed by atoms with Crippen LogP contribution in [0.1, 0.15) is 30.9 Å². The quantitative estimate of drug-likeness (QED) is 0.582. The van der Waals surface area contributed by atoms with E-state index in [1.807, 2.05) is 6.07 Å². The maximum atomic E-state index is 13.3. The average molecular weight is 473 g/mol. The zero-order chi connectivity index (χ0) is 24.1. The smallest absolute Gasteiger partial charge is 0.338 e. The van der Waals surface area contributed by atoms with E-state index < -0.39 is 17.7 Å². The molecule has 0 fully saturated rings. The predicted molar refractivity (Wildman–Crippen MR) is 119 cm³/mol. The van der Waals surface area contributed by atoms with E-state index in [1.165, 1.54) is 25.3 Å². The Morgan fingerprint density at radius 1 is 1.27 bits per heavy atom. The highest BCUT2D eigenvalue weighted by atomic mass is 35.5. The van der Waals surface area contributed by atoms with E-state index in [9.17, 15) is 14.4 Å². The van der Waals surface area contributed by atoms with Crippen molar-refractivity contribution < 1.29 is 28.1 Å². The molecule has 172 valence electrons. The van der Waals surface area contributed by atoms with Gasteiger partial charge in [-0.15, -0.1) is 0 Å². The number of hydrogen-bond donors (Lipinski definition) is 1. The van der Waals surface area contributed by atoms with Crippen molar-refractivity contribution in [2.75, 3.05) is 13.7 Å². The minimum atomic E-state index is -0.808. The number of carbonyl (C=O) groups excluding carboxylic acids is 1. The number of rotatable bonds is 7. The lowest BCUT2D eigenvalue weighted by atomic mass is 9.83. The molecule has 0 bridgehead atoms. The number of allylic oxidation sites excluding steroid dienone is 2. The number of ether oxygens (including phenoxy) is 4. The van der Waals surface area contributed by atoms with Crippen molar-refractivity contribution >= 4 is 17.6 Å². The fraction of sp³-hybridized carbons (Fsp3) is 0.250. The topological polar surface area (TPSA) is 104 Å². The van der Waals surface area contributed by atoms with Crippen molar-refractivity contribution in [3.63, 3.8) is 0 Å². The van der Waals surface area contributed by atoms with Crippen molar-refractivity contribution in [1.29, 1.82) is 5.26 Å². The molecule has 1 aliphatic rings. The van der Waals surface area contributed by atoms with E-state index >= 15 is 0 Å². The SMILES string of the molecule is CCOC(=O)C1=C(C)OC(N)=C(C#N)C1c1ccc(OCc2ccc(F)cc2Cl)c(OC)c1. The molecule has 0 amide bonds. The summed E-state index contributed by atoms with van der Waals surface area (Å²) in [4.78, 5) is 12.7. The van der Waals surface area contributed by atoms with Gasteiger partial charge in [0.05, 0.1) is 30.2 Å². The second kappa shape index (κ2) is 10.3. The average Bonchev–Trinajstić information content (AvgIpc) is 2.78. The molecule has 1 heterocycles. The van der Waals surface area contributed by atoms with Crippen molar-refractivity contribution in [2.24, 2.45) is 5.73 Å². The lowest BCUT2D eigenvalue weighted by molar-refractivity contribution is -0.139. The Balaban J connectivity index is 1.98. The summed E-state index contributed by atoms with van der Waals surface area (Å²) in [6, 6.07) is 11.0. The first-order valence-corrected chi connectivity index (χ1v) is 10.4. The summed E-state index contributed by atoms with van der Waals surface area (Å²) in [6.45, 7) is 3.51. The number of nitrogens with zero attached hydrogens (tertiary/aromatic N) is 1. The first-order chi connectivity index (χ1) is 15.8. The van der Waals surface area contributed by atoms with Crippen molar-refractivity contribution in [2.45, 2.75) is 26.4 Å². The number of nitrogens with two attached hydrogens (primary N) is 1. The number of nitriles is 1. The first kappa shape index (κ1) is 24.0. The normalized spacial score (nSPS) is 15.6. The lowest BCUT2D eigenvalue weighted by Crippen LogP contribution is -2.25. The molecule has 7 nitrogen and oxygen atoms in total. The number of halogens is 2. The van der Waals surface area contributed by atoms with Crippen LogP contribution in [-0.4, -0.2) is 19.7 Å². The number of methoxy groups -OCH3 is 1. The molecule has 3 rings (SSSR count). The Kier molecular flexibility index (Phi) is 7.46. The van der Waals surface area contributed by atoms with Gasteiger partial charge >= 0.3 is 5.97 Å². The molecule has 2 N–H and O–H groups in total. The number of benzene rings is 2. The molecular formula is C24H22ClFN2O5. The van der Waals surface area contributed by atoms with Gasteiger partial charge in [-0.1, -0.05) is 23.7 Å². The second-order valence-corrected chi connectivity index (χ2v) is 7.46. The van der Waals surface area contributed by atoms with E-state index in [0.717, 1.165) is 0 Å². The Bertz CT molecular complexity index is 1190. The number of hydrogen-bond acceptors (Lipinski definition) is 7. The van der Waals surface area contributed by atoms with E-state index in [0.29, 0.717) is 22.6 Å². The van der Waals surface area contributed by atoms with Crippen LogP contribution in [0, 0.1) is 17.1 Å². The Labute approximate surface area is 195 Å². The summed E-state index contributed by atoms with van der Waals surface area (Å²) in [5, 5.41) is 9.95. The van der Waals surface area contributed by atoms with E-state index in [-0.39, 0.29) is 41.0 Å². The third kappa shape index (κ3) is 5.04. The molecule has 1 unspecified atom stereocenters. The zero-order valence-electron chi connectivity index (χ0n) is 18.3. The molecule has 1 atom stereocenters. The van der Waals surface area contributed by atoms with E-state index in [1.54, 1.807) is 32.0 Å². The molecule has 2 aromatic carbocycles. The summed E-state index contributed by atoms with van der Waals surface area (Å²) in [5.41, 5.74) is 7.35. The largest absolute Gasteiger partial charge is 0.493 e. The molecule has 0 aliphatic carbocycles. The highest BCUT2D eigenvalue weighted by Crippen LogP contribution is 2.42. The fourth-order valence-electron chi connectivity index (χ4n) is 3.47. The van der Waals surface area contributed by atoms with Crippen molar-refractivity contribution in [3.05, 3.63) is 81.2 Å². The summed E-state index contributed by atoms with van der Waals surface area (Å²) < 4.78 is 35.2. The maximum Gasteiger partial charge on any atom is 0.338 e. The van der Waals surface area contributed by atoms with E-state index in [4.69, 9.17) is 36.3 Å². The van der Waals surface area contributed by atoms with Crippen LogP contribution in [0.4, 0.5) is 4.39 Å². The Morgan fingerprint density at radius 3 is 2.67 bits per heavy atom. The molecule has 1 aliphatic heterocycles. The first-order valence-electron chi connectivity index (χ1n) is 10.0. The minimum absolute atomic E-state index is 0.0788. The van der Waals surface area contributed by atoms with Crippen molar-refractivity contribution in [1.82, 2.24) is 0 Å². The van der Waals surface area contributed by atoms with Crippen LogP contribution in [0.15, 0.2) is 59.2 Å². The van der Waals surface area contributed by atoms with E-state index in [2.05, 4.69) is 0 Å². The van der Waals surface area contributed by atoms with Gasteiger partial charge in [-0.05, 0) is 43.7 Å². The summed E-state index contributed by atoms with van der Waals surface area (Å²) >= 11 is 6.07. The van der Waals surface area contributed by atoms with Gasteiger partial charge in [-0.25, -0.2) is 9.18 Å². The van der Waals surface area contributed by atoms with Crippen LogP contribution in [-0.2, 0) is 20.9 Å². The molecular weight excluding hydrogens is 451 g/mol. The maximum absolute atomic E-state index is 13.3. The van der Waals surface area contributed by atoms with Crippen LogP contribution in [0.5, 0.6) is 11.5 Å². The van der Waals surface area contributed by atoms with Gasteiger partial charge in [0.25, 0.3) is 0 Å². The predicted octanol–water partition coefficient (Wildman–Crippen LogP) is 4.71. The van der Waals surface area contributed by atoms with Gasteiger partial charge < -0.3 is 24.7 Å². The summed E-state index contributed by atoms with van der Waals surface area (Å²) in [6.07, 6.45) is 0. The Morgan fingerprint density at radius 2 is 2.03 bits per heavy atom. The molecule has 0 spiro atoms. The Hall–Kier alpha value is -3.70. The van der Waals surface area contributed by atoms with Gasteiger partial charge in [-0.3, -0.25) is 0 Å². The van der Waals surface area contributed by atoms with Gasteiger partial charge in [0.15, 0.2) is 11.5 Å². The summed E-state index contributed by atoms with van der Waals surface area (Å²) in [7, 11) is 1.46. The minimum Gasteiger partial charge on any atom is -0.493 e.